The van der Waals surface area contributed by atoms with Crippen molar-refractivity contribution in [1.82, 2.24) is 0 Å². The van der Waals surface area contributed by atoms with Crippen molar-refractivity contribution in [2.45, 2.75) is 76.6 Å². The Labute approximate surface area is 155 Å². The van der Waals surface area contributed by atoms with Crippen LogP contribution in [-0.2, 0) is 4.79 Å². The van der Waals surface area contributed by atoms with Crippen molar-refractivity contribution < 1.29 is 15.0 Å². The maximum Gasteiger partial charge on any atom is 0.313 e. The van der Waals surface area contributed by atoms with Crippen LogP contribution >= 0.6 is 11.8 Å². The van der Waals surface area contributed by atoms with Crippen LogP contribution in [-0.4, -0.2) is 33.3 Å². The number of rotatable bonds is 3. The van der Waals surface area contributed by atoms with Crippen LogP contribution in [0, 0.1) is 28.6 Å². The zero-order valence-electron chi connectivity index (χ0n) is 15.5. The molecule has 4 heteroatoms. The summed E-state index contributed by atoms with van der Waals surface area (Å²) < 4.78 is 0. The van der Waals surface area contributed by atoms with Crippen LogP contribution in [0.5, 0.6) is 0 Å². The summed E-state index contributed by atoms with van der Waals surface area (Å²) in [5.41, 5.74) is 2.15. The van der Waals surface area contributed by atoms with Crippen LogP contribution in [0.4, 0.5) is 0 Å². The highest BCUT2D eigenvalue weighted by Gasteiger charge is 2.58. The average molecular weight is 365 g/mol. The third-order valence-corrected chi connectivity index (χ3v) is 9.99. The fourth-order valence-corrected chi connectivity index (χ4v) is 8.36. The second-order valence-corrected chi connectivity index (χ2v) is 10.7. The Balaban J connectivity index is 1.56. The van der Waals surface area contributed by atoms with E-state index in [0.29, 0.717) is 16.1 Å². The molecule has 7 atom stereocenters. The van der Waals surface area contributed by atoms with Gasteiger partial charge in [-0.15, -0.1) is 11.8 Å². The molecule has 0 radical (unpaired) electrons. The molecule has 0 heterocycles. The van der Waals surface area contributed by atoms with Gasteiger partial charge >= 0.3 is 5.97 Å². The van der Waals surface area contributed by atoms with Crippen LogP contribution in [0.3, 0.4) is 0 Å². The number of hydrogen-bond donors (Lipinski definition) is 2. The molecule has 0 amide bonds. The summed E-state index contributed by atoms with van der Waals surface area (Å²) in [7, 11) is 0. The van der Waals surface area contributed by atoms with E-state index in [1.54, 1.807) is 11.8 Å². The molecule has 2 N–H and O–H groups in total. The van der Waals surface area contributed by atoms with E-state index in [4.69, 9.17) is 5.11 Å². The van der Waals surface area contributed by atoms with Gasteiger partial charge in [0.2, 0.25) is 0 Å². The number of aliphatic carboxylic acids is 1. The molecule has 0 aromatic rings. The van der Waals surface area contributed by atoms with E-state index in [-0.39, 0.29) is 11.9 Å². The van der Waals surface area contributed by atoms with E-state index in [0.717, 1.165) is 37.0 Å². The van der Waals surface area contributed by atoms with Gasteiger partial charge in [0.25, 0.3) is 0 Å². The first-order chi connectivity index (χ1) is 11.8. The van der Waals surface area contributed by atoms with Gasteiger partial charge in [0.15, 0.2) is 0 Å². The molecule has 0 saturated heterocycles. The number of fused-ring (bicyclic) bond motifs is 5. The van der Waals surface area contributed by atoms with Crippen molar-refractivity contribution in [3.8, 4) is 0 Å². The highest BCUT2D eigenvalue weighted by atomic mass is 32.2. The minimum atomic E-state index is -0.677. The number of carbonyl (C=O) groups is 1. The topological polar surface area (TPSA) is 57.5 Å². The van der Waals surface area contributed by atoms with E-state index in [9.17, 15) is 9.90 Å². The number of carboxylic acid groups (broad SMARTS) is 1. The molecular weight excluding hydrogens is 332 g/mol. The van der Waals surface area contributed by atoms with Crippen molar-refractivity contribution in [1.29, 1.82) is 0 Å². The van der Waals surface area contributed by atoms with Crippen LogP contribution < -0.4 is 0 Å². The van der Waals surface area contributed by atoms with Gasteiger partial charge < -0.3 is 10.2 Å². The Kier molecular flexibility index (Phi) is 4.51. The third-order valence-electron chi connectivity index (χ3n) is 8.40. The number of carboxylic acids is 1. The Morgan fingerprint density at radius 1 is 1.20 bits per heavy atom. The van der Waals surface area contributed by atoms with Crippen LogP contribution in [0.25, 0.3) is 0 Å². The van der Waals surface area contributed by atoms with Crippen LogP contribution in [0.15, 0.2) is 11.6 Å². The summed E-state index contributed by atoms with van der Waals surface area (Å²) in [6, 6.07) is 0. The summed E-state index contributed by atoms with van der Waals surface area (Å²) in [5.74, 6) is 1.85. The number of aliphatic hydroxyl groups excluding tert-OH is 1. The fraction of sp³-hybridized carbons (Fsp3) is 0.857. The van der Waals surface area contributed by atoms with Gasteiger partial charge in [-0.05, 0) is 80.0 Å². The van der Waals surface area contributed by atoms with Crippen molar-refractivity contribution in [3.63, 3.8) is 0 Å². The van der Waals surface area contributed by atoms with Gasteiger partial charge in [-0.1, -0.05) is 25.5 Å². The maximum absolute atomic E-state index is 11.0. The molecule has 2 unspecified atom stereocenters. The van der Waals surface area contributed by atoms with Crippen molar-refractivity contribution in [2.75, 3.05) is 5.75 Å². The minimum absolute atomic E-state index is 0.131. The Morgan fingerprint density at radius 2 is 2.00 bits per heavy atom. The molecule has 0 bridgehead atoms. The summed E-state index contributed by atoms with van der Waals surface area (Å²) in [6.07, 6.45) is 11.5. The van der Waals surface area contributed by atoms with E-state index in [1.165, 1.54) is 37.7 Å². The Hall–Kier alpha value is -0.480. The highest BCUT2D eigenvalue weighted by molar-refractivity contribution is 8.00. The van der Waals surface area contributed by atoms with Crippen molar-refractivity contribution in [2.24, 2.45) is 28.6 Å². The summed E-state index contributed by atoms with van der Waals surface area (Å²) >= 11 is 1.69. The smallest absolute Gasteiger partial charge is 0.313 e. The quantitative estimate of drug-likeness (QED) is 0.724. The number of aliphatic hydroxyl groups is 1. The first kappa shape index (κ1) is 17.9. The second kappa shape index (κ2) is 6.30. The normalized spacial score (nSPS) is 48.9. The zero-order chi connectivity index (χ0) is 17.8. The lowest BCUT2D eigenvalue weighted by Gasteiger charge is -2.58. The minimum Gasteiger partial charge on any atom is -0.481 e. The molecule has 0 aromatic heterocycles. The lowest BCUT2D eigenvalue weighted by atomic mass is 9.48. The van der Waals surface area contributed by atoms with Gasteiger partial charge in [-0.25, -0.2) is 0 Å². The molecule has 3 nitrogen and oxygen atoms in total. The molecule has 0 aromatic carbocycles. The summed E-state index contributed by atoms with van der Waals surface area (Å²) in [6.45, 7) is 4.92. The third kappa shape index (κ3) is 2.79. The predicted octanol–water partition coefficient (Wildman–Crippen LogP) is 4.50. The summed E-state index contributed by atoms with van der Waals surface area (Å²) in [5, 5.41) is 19.7. The van der Waals surface area contributed by atoms with Gasteiger partial charge in [0.05, 0.1) is 11.9 Å². The largest absolute Gasteiger partial charge is 0.481 e. The molecule has 4 aliphatic carbocycles. The Bertz CT molecular complexity index is 588. The lowest BCUT2D eigenvalue weighted by Crippen LogP contribution is -2.50. The van der Waals surface area contributed by atoms with Gasteiger partial charge in [-0.2, -0.15) is 0 Å². The number of allylic oxidation sites excluding steroid dienone is 1. The summed E-state index contributed by atoms with van der Waals surface area (Å²) in [4.78, 5) is 11.0. The van der Waals surface area contributed by atoms with Gasteiger partial charge in [0.1, 0.15) is 0 Å². The lowest BCUT2D eigenvalue weighted by molar-refractivity contribution is -0.133. The first-order valence-electron chi connectivity index (χ1n) is 10.1. The molecule has 3 saturated carbocycles. The molecule has 0 aliphatic heterocycles. The van der Waals surface area contributed by atoms with E-state index in [2.05, 4.69) is 19.9 Å². The average Bonchev–Trinajstić information content (AvgIpc) is 2.90. The van der Waals surface area contributed by atoms with E-state index < -0.39 is 5.97 Å². The maximum atomic E-state index is 11.0. The standard InChI is InChI=1S/C21H32O3S/c1-20-9-7-14(22)11-13(20)3-4-15-16-5-6-18(25-12-19(23)24)21(16,2)10-8-17(15)20/h3,14-18,22H,4-12H2,1-2H3,(H,23,24)/t14?,15-,16-,17-,18?,20-,21-/m0/s1. The van der Waals surface area contributed by atoms with Gasteiger partial charge in [-0.3, -0.25) is 4.79 Å². The van der Waals surface area contributed by atoms with Gasteiger partial charge in [0, 0.05) is 5.25 Å². The molecular formula is C21H32O3S. The predicted molar refractivity (Wildman–Crippen MR) is 102 cm³/mol. The zero-order valence-corrected chi connectivity index (χ0v) is 16.4. The fourth-order valence-electron chi connectivity index (χ4n) is 7.04. The number of thioether (sulfide) groups is 1. The second-order valence-electron chi connectivity index (χ2n) is 9.47. The molecule has 0 spiro atoms. The molecule has 4 aliphatic rings. The molecule has 140 valence electrons. The van der Waals surface area contributed by atoms with E-state index in [1.807, 2.05) is 0 Å². The van der Waals surface area contributed by atoms with Crippen molar-refractivity contribution in [3.05, 3.63) is 11.6 Å². The highest BCUT2D eigenvalue weighted by Crippen LogP contribution is 2.66. The van der Waals surface area contributed by atoms with E-state index >= 15 is 0 Å². The van der Waals surface area contributed by atoms with Crippen molar-refractivity contribution >= 4 is 17.7 Å². The van der Waals surface area contributed by atoms with Crippen LogP contribution in [0.1, 0.15) is 65.2 Å². The van der Waals surface area contributed by atoms with Crippen LogP contribution in [0.2, 0.25) is 0 Å². The Morgan fingerprint density at radius 3 is 2.76 bits per heavy atom. The first-order valence-corrected chi connectivity index (χ1v) is 11.1. The number of hydrogen-bond acceptors (Lipinski definition) is 3. The molecule has 4 rings (SSSR count). The SMILES string of the molecule is C[C@]12CCC(O)CC1=CC[C@@H]1[C@@H]2CC[C@]2(C)C(SCC(=O)O)CC[C@@H]12. The molecule has 3 fully saturated rings. The molecule has 25 heavy (non-hydrogen) atoms. The monoisotopic (exact) mass is 364 g/mol.